The summed E-state index contributed by atoms with van der Waals surface area (Å²) in [6.45, 7) is 17.4. The molecule has 108 heavy (non-hydrogen) atoms. The molecule has 0 unspecified atom stereocenters. The van der Waals surface area contributed by atoms with Gasteiger partial charge in [-0.05, 0) is 73.4 Å². The van der Waals surface area contributed by atoms with Gasteiger partial charge in [0.15, 0.2) is 6.04 Å². The predicted molar refractivity (Wildman–Crippen MR) is 471 cm³/mol. The van der Waals surface area contributed by atoms with E-state index in [4.69, 9.17) is 14.6 Å². The van der Waals surface area contributed by atoms with Crippen molar-refractivity contribution in [2.45, 2.75) is 152 Å². The molecule has 0 aliphatic heterocycles. The maximum absolute atomic E-state index is 13.9. The maximum atomic E-state index is 13.9. The Kier molecular flexibility index (Phi) is 60.2. The number of carboxylic acids is 1. The molecule has 0 saturated carbocycles. The van der Waals surface area contributed by atoms with E-state index in [0.717, 1.165) is 58.2 Å². The number of rotatable bonds is 35. The van der Waals surface area contributed by atoms with Crippen LogP contribution in [-0.2, 0) is 98.2 Å². The van der Waals surface area contributed by atoms with Gasteiger partial charge in [-0.25, -0.2) is 34.3 Å². The number of methoxy groups -OCH3 is 2. The number of alkyl carbamates (subject to hydrolysis) is 1. The minimum atomic E-state index is -0.916. The predicted octanol–water partition coefficient (Wildman–Crippen LogP) is 13.7. The quantitative estimate of drug-likeness (QED) is 0.0109. The molecule has 0 radical (unpaired) electrons. The molecular formula is C73H102I6N11O13S5-. The molecule has 5 aromatic heterocycles. The summed E-state index contributed by atoms with van der Waals surface area (Å²) in [7, 11) is 9.68. The average molecular weight is 2260 g/mol. The van der Waals surface area contributed by atoms with Crippen molar-refractivity contribution in [2.75, 3.05) is 42.4 Å². The summed E-state index contributed by atoms with van der Waals surface area (Å²) in [4.78, 5) is 137. The van der Waals surface area contributed by atoms with E-state index >= 15 is 0 Å². The van der Waals surface area contributed by atoms with Crippen molar-refractivity contribution in [3.8, 4) is 0 Å². The fraction of sp³-hybridized carbons (Fsp3) is 0.507. The zero-order chi connectivity index (χ0) is 80.2. The first kappa shape index (κ1) is 104. The number of amides is 4. The number of nitrogens with zero attached hydrogens (tertiary/aromatic N) is 9. The Balaban J connectivity index is 0.00000151. The van der Waals surface area contributed by atoms with Crippen molar-refractivity contribution in [1.82, 2.24) is 50.3 Å². The Bertz CT molecular complexity index is 3580. The first-order chi connectivity index (χ1) is 51.1. The number of carbonyl (C=O) groups is 8. The van der Waals surface area contributed by atoms with Gasteiger partial charge in [-0.3, -0.25) is 33.8 Å². The molecular weight excluding hydrogens is 2160 g/mol. The van der Waals surface area contributed by atoms with E-state index in [9.17, 15) is 43.2 Å². The van der Waals surface area contributed by atoms with E-state index in [2.05, 4.69) is 144 Å². The van der Waals surface area contributed by atoms with Crippen LogP contribution in [0.2, 0.25) is 0 Å². The second-order valence-corrected chi connectivity index (χ2v) is 45.7. The molecule has 3 N–H and O–H groups in total. The summed E-state index contributed by atoms with van der Waals surface area (Å²) < 4.78 is 14.6. The number of halogens is 6. The standard InChI is InChI=1S/C36H44N4O4S2.C13H20N2O3S.C12H18N2O3S.C7H11NO3.C5H8N2S.I3.I2.HI/c1-26(2)33(19-35(42)40(3)21-31-23-45-25-38-31)34(41)18-29(16-27-10-6-4-7-11-27)14-15-30(17-28-12-8-5-9-13-28)39-36(43)44-22-32-20-37-24-46-32;1-9(2)11(13(17)18-4)5-12(16)15(3)6-10-7-19-8-14-10;1-8(2)10(12(16)17)4-11(15)14(3)5-9-6-18-7-13-9;1-5(2)6(8-4-9)7(10)11-3;1-6-2-5-3-8-4-7-5;1-3-2;1-2;/h4-13,20,23-26,29-30,33H,14-19,21-22H2,1-3H3,(H,39,43);7-9,11H,5-6H2,1-4H3;6-8,10H,4-5H2,1-3H3,(H,16,17);5-6H,1-3H3;3-4,6H,2H2,1H3;;;1H/q;;;;;-1;;/t29-,30-,33+;11-;10-;6-;;;;/m1000..../s1. The van der Waals surface area contributed by atoms with Crippen LogP contribution in [0.5, 0.6) is 0 Å². The molecule has 0 fully saturated rings. The van der Waals surface area contributed by atoms with Gasteiger partial charge in [0.2, 0.25) is 23.8 Å². The molecule has 0 bridgehead atoms. The first-order valence-corrected chi connectivity index (χ1v) is 57.3. The number of esters is 2. The van der Waals surface area contributed by atoms with Gasteiger partial charge in [0, 0.05) is 130 Å². The second kappa shape index (κ2) is 62.5. The van der Waals surface area contributed by atoms with Gasteiger partial charge >= 0.3 is 74.5 Å². The van der Waals surface area contributed by atoms with Crippen molar-refractivity contribution in [2.24, 2.45) is 52.3 Å². The summed E-state index contributed by atoms with van der Waals surface area (Å²) in [5.41, 5.74) is 14.7. The monoisotopic (exact) mass is 2260 g/mol. The van der Waals surface area contributed by atoms with Crippen molar-refractivity contribution < 1.29 is 75.7 Å². The molecule has 4 amide bonds. The average Bonchev–Trinajstić information content (AvgIpc) is 0.882. The number of hydrogen-bond donors (Lipinski definition) is 3. The molecule has 0 spiro atoms. The van der Waals surface area contributed by atoms with Gasteiger partial charge in [-0.2, -0.15) is 4.99 Å². The van der Waals surface area contributed by atoms with Gasteiger partial charge in [0.05, 0.1) is 101 Å². The number of thiazole rings is 5. The summed E-state index contributed by atoms with van der Waals surface area (Å²) >= 11 is 17.1. The molecule has 0 aliphatic carbocycles. The van der Waals surface area contributed by atoms with Crippen molar-refractivity contribution in [3.05, 3.63) is 155 Å². The van der Waals surface area contributed by atoms with Crippen LogP contribution in [0.15, 0.2) is 121 Å². The van der Waals surface area contributed by atoms with E-state index in [-0.39, 0.29) is 121 Å². The number of carboxylic acid groups (broad SMARTS) is 1. The number of ether oxygens (including phenoxy) is 3. The van der Waals surface area contributed by atoms with E-state index in [0.29, 0.717) is 52.2 Å². The summed E-state index contributed by atoms with van der Waals surface area (Å²) in [5, 5.41) is 22.9. The molecule has 0 saturated heterocycles. The third-order valence-electron chi connectivity index (χ3n) is 16.1. The number of carbonyl (C=O) groups excluding carboxylic acids is 8. The Hall–Kier alpha value is -3.93. The van der Waals surface area contributed by atoms with E-state index in [1.807, 2.05) is 112 Å². The van der Waals surface area contributed by atoms with Crippen LogP contribution in [0.4, 0.5) is 4.79 Å². The molecule has 0 aliphatic rings. The summed E-state index contributed by atoms with van der Waals surface area (Å²) in [5.74, 6) is -3.25. The number of hydrogen-bond acceptors (Lipinski definition) is 24. The van der Waals surface area contributed by atoms with Crippen LogP contribution in [0.1, 0.15) is 133 Å². The summed E-state index contributed by atoms with van der Waals surface area (Å²) in [6, 6.07) is 19.4. The van der Waals surface area contributed by atoms with E-state index < -0.39 is 35.9 Å². The van der Waals surface area contributed by atoms with Crippen LogP contribution in [0.3, 0.4) is 0 Å². The van der Waals surface area contributed by atoms with Gasteiger partial charge in [-0.15, -0.1) is 80.7 Å². The molecule has 7 aromatic rings. The van der Waals surface area contributed by atoms with Crippen LogP contribution in [0, 0.1) is 47.3 Å². The number of Topliss-reactive ketones (excluding diaryl/α,β-unsaturated/α-hetero) is 1. The summed E-state index contributed by atoms with van der Waals surface area (Å²) in [6.07, 6.45) is 6.12. The van der Waals surface area contributed by atoms with Crippen LogP contribution in [-0.4, -0.2) is 153 Å². The molecule has 35 heteroatoms. The van der Waals surface area contributed by atoms with Crippen molar-refractivity contribution in [1.29, 1.82) is 0 Å². The first-order valence-electron chi connectivity index (χ1n) is 33.8. The topological polar surface area (TPSA) is 312 Å². The Morgan fingerprint density at radius 1 is 0.583 bits per heavy atom. The number of nitrogens with one attached hydrogen (secondary N) is 2. The molecule has 6 atom stereocenters. The van der Waals surface area contributed by atoms with Gasteiger partial charge < -0.3 is 44.7 Å². The van der Waals surface area contributed by atoms with E-state index in [1.54, 1.807) is 84.4 Å². The SMILES string of the molecule is CC(C)[C@H](CC(=O)N(C)Cc1cscn1)C(=O)C[C@H](CC[C@H](Cc1ccccc1)NC(=O)OCc1cncs1)Cc1ccccc1.CC(C)[C@H](CC(=O)N(C)Cc1cscn1)C(=O)O.CNCc1cscn1.COC(=O)[C@@H](CC(=O)N(C)Cc1cscn1)C(C)C.COC(=O)[C@@H](N=C=O)C(C)C.I.II.I[I-]I. The van der Waals surface area contributed by atoms with Gasteiger partial charge in [0.1, 0.15) is 12.4 Å². The Morgan fingerprint density at radius 3 is 1.36 bits per heavy atom. The number of isocyanates is 1. The molecule has 24 nitrogen and oxygen atoms in total. The van der Waals surface area contributed by atoms with E-state index in [1.165, 1.54) is 70.5 Å². The molecule has 7 rings (SSSR count). The number of benzene rings is 2. The van der Waals surface area contributed by atoms with Gasteiger partial charge in [0.25, 0.3) is 0 Å². The molecule has 2 aromatic carbocycles. The molecule has 5 heterocycles. The Morgan fingerprint density at radius 2 is 1.00 bits per heavy atom. The van der Waals surface area contributed by atoms with Crippen LogP contribution >= 0.6 is 155 Å². The van der Waals surface area contributed by atoms with Crippen molar-refractivity contribution in [3.63, 3.8) is 0 Å². The second-order valence-electron chi connectivity index (χ2n) is 25.6. The van der Waals surface area contributed by atoms with Crippen LogP contribution in [0.25, 0.3) is 0 Å². The molecule has 600 valence electrons. The zero-order valence-corrected chi connectivity index (χ0v) is 80.4. The zero-order valence-electron chi connectivity index (χ0n) is 63.2. The fourth-order valence-electron chi connectivity index (χ4n) is 10.1. The number of ketones is 1. The number of aromatic nitrogens is 5. The number of aliphatic carboxylic acids is 1. The van der Waals surface area contributed by atoms with Crippen LogP contribution < -0.4 is 23.9 Å². The fourth-order valence-corrected chi connectivity index (χ4v) is 12.8. The third kappa shape index (κ3) is 45.7. The minimum absolute atomic E-state index is 0. The van der Waals surface area contributed by atoms with Gasteiger partial charge in [-0.1, -0.05) is 116 Å². The Labute approximate surface area is 726 Å². The third-order valence-corrected chi connectivity index (χ3v) is 19.4. The number of aliphatic imine (C=N–C) groups is 1. The van der Waals surface area contributed by atoms with Crippen molar-refractivity contribution >= 4 is 209 Å². The normalized spacial score (nSPS) is 12.0.